The highest BCUT2D eigenvalue weighted by Crippen LogP contribution is 2.27. The Labute approximate surface area is 155 Å². The lowest BCUT2D eigenvalue weighted by Crippen LogP contribution is -2.29. The summed E-state index contributed by atoms with van der Waals surface area (Å²) in [7, 11) is -3.68. The number of pyridine rings is 1. The fourth-order valence-electron chi connectivity index (χ4n) is 3.04. The quantitative estimate of drug-likeness (QED) is 0.752. The molecule has 1 aliphatic rings. The number of nitrogens with one attached hydrogen (secondary N) is 1. The molecule has 0 aliphatic carbocycles. The molecule has 0 spiro atoms. The predicted octanol–water partition coefficient (Wildman–Crippen LogP) is 2.55. The van der Waals surface area contributed by atoms with Crippen LogP contribution in [0.25, 0.3) is 10.9 Å². The van der Waals surface area contributed by atoms with Crippen molar-refractivity contribution in [1.82, 2.24) is 4.98 Å². The first-order valence-electron chi connectivity index (χ1n) is 8.27. The Balaban J connectivity index is 1.66. The van der Waals surface area contributed by atoms with E-state index in [4.69, 9.17) is 0 Å². The van der Waals surface area contributed by atoms with Crippen LogP contribution < -0.4 is 9.62 Å². The molecule has 7 nitrogen and oxygen atoms in total. The predicted molar refractivity (Wildman–Crippen MR) is 102 cm³/mol. The van der Waals surface area contributed by atoms with Crippen molar-refractivity contribution in [2.24, 2.45) is 0 Å². The van der Waals surface area contributed by atoms with E-state index in [0.717, 1.165) is 9.69 Å². The minimum absolute atomic E-state index is 0.0551. The number of nitrogens with zero attached hydrogens (tertiary/aromatic N) is 2. The van der Waals surface area contributed by atoms with Gasteiger partial charge in [0.1, 0.15) is 0 Å². The molecule has 1 N–H and O–H groups in total. The number of carbonyl (C=O) groups excluding carboxylic acids is 2. The van der Waals surface area contributed by atoms with Gasteiger partial charge >= 0.3 is 0 Å². The van der Waals surface area contributed by atoms with Gasteiger partial charge in [-0.05, 0) is 30.3 Å². The zero-order chi connectivity index (χ0) is 19.0. The van der Waals surface area contributed by atoms with Gasteiger partial charge in [0.15, 0.2) is 0 Å². The minimum Gasteiger partial charge on any atom is -0.320 e. The Morgan fingerprint density at radius 2 is 1.85 bits per heavy atom. The summed E-state index contributed by atoms with van der Waals surface area (Å²) in [4.78, 5) is 28.9. The van der Waals surface area contributed by atoms with Crippen molar-refractivity contribution in [3.63, 3.8) is 0 Å². The first-order valence-corrected chi connectivity index (χ1v) is 9.88. The second kappa shape index (κ2) is 6.48. The van der Waals surface area contributed by atoms with E-state index in [2.05, 4.69) is 10.3 Å². The lowest BCUT2D eigenvalue weighted by atomic mass is 10.1. The normalized spacial score (nSPS) is 15.9. The topological polar surface area (TPSA) is 96.4 Å². The van der Waals surface area contributed by atoms with E-state index in [9.17, 15) is 18.0 Å². The average Bonchev–Trinajstić information content (AvgIpc) is 2.94. The maximum atomic E-state index is 12.7. The van der Waals surface area contributed by atoms with Gasteiger partial charge in [-0.2, -0.15) is 0 Å². The van der Waals surface area contributed by atoms with Crippen molar-refractivity contribution in [2.45, 2.75) is 6.42 Å². The van der Waals surface area contributed by atoms with E-state index in [0.29, 0.717) is 11.2 Å². The van der Waals surface area contributed by atoms with Crippen LogP contribution in [0.2, 0.25) is 0 Å². The second-order valence-electron chi connectivity index (χ2n) is 6.11. The van der Waals surface area contributed by atoms with Gasteiger partial charge in [0.05, 0.1) is 22.6 Å². The highest BCUT2D eigenvalue weighted by Gasteiger charge is 2.36. The molecule has 2 amide bonds. The molecule has 2 heterocycles. The SMILES string of the molecule is O=C(Nc1cccc2cccnc12)c1cccc(N2C(=O)CCS2(=O)=O)c1. The van der Waals surface area contributed by atoms with Crippen molar-refractivity contribution >= 4 is 44.1 Å². The summed E-state index contributed by atoms with van der Waals surface area (Å²) in [5, 5.41) is 3.68. The Morgan fingerprint density at radius 1 is 1.07 bits per heavy atom. The third kappa shape index (κ3) is 3.15. The van der Waals surface area contributed by atoms with E-state index in [1.807, 2.05) is 24.3 Å². The minimum atomic E-state index is -3.68. The smallest absolute Gasteiger partial charge is 0.255 e. The third-order valence-corrected chi connectivity index (χ3v) is 5.99. The van der Waals surface area contributed by atoms with Crippen molar-refractivity contribution in [2.75, 3.05) is 15.4 Å². The number of carbonyl (C=O) groups is 2. The molecule has 1 saturated heterocycles. The molecular weight excluding hydrogens is 366 g/mol. The van der Waals surface area contributed by atoms with Crippen LogP contribution in [0.1, 0.15) is 16.8 Å². The first kappa shape index (κ1) is 17.2. The largest absolute Gasteiger partial charge is 0.320 e. The number of hydrogen-bond acceptors (Lipinski definition) is 5. The number of para-hydroxylation sites is 1. The molecule has 136 valence electrons. The van der Waals surface area contributed by atoms with Gasteiger partial charge in [0.25, 0.3) is 5.91 Å². The maximum absolute atomic E-state index is 12.7. The molecule has 2 aromatic carbocycles. The highest BCUT2D eigenvalue weighted by molar-refractivity contribution is 7.94. The molecule has 27 heavy (non-hydrogen) atoms. The summed E-state index contributed by atoms with van der Waals surface area (Å²) in [6.07, 6.45) is 1.59. The molecule has 0 radical (unpaired) electrons. The fraction of sp³-hybridized carbons (Fsp3) is 0.105. The zero-order valence-electron chi connectivity index (χ0n) is 14.1. The van der Waals surface area contributed by atoms with E-state index >= 15 is 0 Å². The molecular formula is C19H15N3O4S. The van der Waals surface area contributed by atoms with Crippen LogP contribution in [-0.2, 0) is 14.8 Å². The number of rotatable bonds is 3. The zero-order valence-corrected chi connectivity index (χ0v) is 14.9. The summed E-state index contributed by atoms with van der Waals surface area (Å²) in [5.74, 6) is -1.13. The van der Waals surface area contributed by atoms with E-state index in [1.165, 1.54) is 12.1 Å². The van der Waals surface area contributed by atoms with Crippen molar-refractivity contribution in [1.29, 1.82) is 0 Å². The fourth-order valence-corrected chi connectivity index (χ4v) is 4.49. The van der Waals surface area contributed by atoms with Crippen LogP contribution in [0.5, 0.6) is 0 Å². The van der Waals surface area contributed by atoms with E-state index < -0.39 is 21.8 Å². The van der Waals surface area contributed by atoms with Crippen molar-refractivity contribution in [3.05, 3.63) is 66.4 Å². The van der Waals surface area contributed by atoms with Gasteiger partial charge in [-0.15, -0.1) is 0 Å². The number of amides is 2. The van der Waals surface area contributed by atoms with Crippen LogP contribution in [0.15, 0.2) is 60.8 Å². The summed E-state index contributed by atoms with van der Waals surface area (Å²) in [6.45, 7) is 0. The summed E-state index contributed by atoms with van der Waals surface area (Å²) in [5.41, 5.74) is 1.62. The third-order valence-electron chi connectivity index (χ3n) is 4.30. The van der Waals surface area contributed by atoms with Crippen LogP contribution in [0.3, 0.4) is 0 Å². The van der Waals surface area contributed by atoms with Gasteiger partial charge in [-0.1, -0.05) is 24.3 Å². The van der Waals surface area contributed by atoms with Crippen molar-refractivity contribution < 1.29 is 18.0 Å². The van der Waals surface area contributed by atoms with Crippen LogP contribution in [0, 0.1) is 0 Å². The second-order valence-corrected chi connectivity index (χ2v) is 8.05. The van der Waals surface area contributed by atoms with Gasteiger partial charge in [-0.3, -0.25) is 14.6 Å². The standard InChI is InChI=1S/C19H15N3O4S/c23-17-9-11-27(25,26)22(17)15-7-1-5-14(12-15)19(24)21-16-8-2-4-13-6-3-10-20-18(13)16/h1-8,10,12H,9,11H2,(H,21,24). The number of fused-ring (bicyclic) bond motifs is 1. The van der Waals surface area contributed by atoms with Crippen molar-refractivity contribution in [3.8, 4) is 0 Å². The number of hydrogen-bond donors (Lipinski definition) is 1. The Hall–Kier alpha value is -3.26. The van der Waals surface area contributed by atoms with Gasteiger partial charge < -0.3 is 5.32 Å². The molecule has 0 saturated carbocycles. The molecule has 3 aromatic rings. The van der Waals surface area contributed by atoms with Gasteiger partial charge in [0, 0.05) is 23.6 Å². The Morgan fingerprint density at radius 3 is 2.63 bits per heavy atom. The monoisotopic (exact) mass is 381 g/mol. The molecule has 8 heteroatoms. The van der Waals surface area contributed by atoms with E-state index in [1.54, 1.807) is 24.4 Å². The highest BCUT2D eigenvalue weighted by atomic mass is 32.2. The maximum Gasteiger partial charge on any atom is 0.255 e. The first-order chi connectivity index (χ1) is 13.0. The molecule has 4 rings (SSSR count). The Kier molecular flexibility index (Phi) is 4.12. The van der Waals surface area contributed by atoms with Crippen LogP contribution >= 0.6 is 0 Å². The number of benzene rings is 2. The molecule has 0 bridgehead atoms. The van der Waals surface area contributed by atoms with Gasteiger partial charge in [0.2, 0.25) is 15.9 Å². The van der Waals surface area contributed by atoms with Crippen LogP contribution in [-0.4, -0.2) is 31.0 Å². The molecule has 1 aliphatic heterocycles. The Bertz CT molecular complexity index is 1170. The summed E-state index contributed by atoms with van der Waals surface area (Å²) >= 11 is 0. The molecule has 1 fully saturated rings. The average molecular weight is 381 g/mol. The molecule has 1 aromatic heterocycles. The lowest BCUT2D eigenvalue weighted by molar-refractivity contribution is -0.116. The number of sulfonamides is 1. The number of aromatic nitrogens is 1. The van der Waals surface area contributed by atoms with E-state index in [-0.39, 0.29) is 23.4 Å². The molecule has 0 unspecified atom stereocenters. The summed E-state index contributed by atoms with van der Waals surface area (Å²) < 4.78 is 24.9. The van der Waals surface area contributed by atoms with Crippen LogP contribution in [0.4, 0.5) is 11.4 Å². The lowest BCUT2D eigenvalue weighted by Gasteiger charge is -2.16. The van der Waals surface area contributed by atoms with Gasteiger partial charge in [-0.25, -0.2) is 12.7 Å². The summed E-state index contributed by atoms with van der Waals surface area (Å²) in [6, 6.07) is 15.1. The number of anilines is 2. The molecule has 0 atom stereocenters.